The fourth-order valence-electron chi connectivity index (χ4n) is 4.89. The molecule has 0 bridgehead atoms. The van der Waals surface area contributed by atoms with Crippen molar-refractivity contribution < 1.29 is 13.9 Å². The number of allylic oxidation sites excluding steroid dienone is 3. The molecule has 1 aromatic heterocycles. The molecule has 1 saturated carbocycles. The lowest BCUT2D eigenvalue weighted by molar-refractivity contribution is -0.139. The van der Waals surface area contributed by atoms with Crippen molar-refractivity contribution >= 4 is 5.97 Å². The molecule has 0 N–H and O–H groups in total. The fourth-order valence-corrected chi connectivity index (χ4v) is 4.89. The molecule has 0 unspecified atom stereocenters. The van der Waals surface area contributed by atoms with E-state index < -0.39 is 0 Å². The number of methoxy groups -OCH3 is 1. The van der Waals surface area contributed by atoms with E-state index in [-0.39, 0.29) is 16.8 Å². The van der Waals surface area contributed by atoms with E-state index in [0.717, 1.165) is 31.3 Å². The van der Waals surface area contributed by atoms with Crippen molar-refractivity contribution in [1.29, 1.82) is 0 Å². The summed E-state index contributed by atoms with van der Waals surface area (Å²) in [5, 5.41) is 0. The van der Waals surface area contributed by atoms with Gasteiger partial charge in [-0.05, 0) is 54.6 Å². The highest BCUT2D eigenvalue weighted by Gasteiger charge is 2.54. The normalized spacial score (nSPS) is 35.2. The van der Waals surface area contributed by atoms with Crippen LogP contribution in [0.4, 0.5) is 0 Å². The van der Waals surface area contributed by atoms with Crippen LogP contribution in [0.2, 0.25) is 0 Å². The van der Waals surface area contributed by atoms with Crippen LogP contribution in [-0.2, 0) is 16.0 Å². The highest BCUT2D eigenvalue weighted by molar-refractivity contribution is 5.90. The Bertz CT molecular complexity index is 655. The van der Waals surface area contributed by atoms with Gasteiger partial charge < -0.3 is 9.15 Å². The molecule has 1 aromatic rings. The molecule has 0 saturated heterocycles. The number of aryl methyl sites for hydroxylation is 1. The smallest absolute Gasteiger partial charge is 0.334 e. The fraction of sp³-hybridized carbons (Fsp3) is 0.571. The summed E-state index contributed by atoms with van der Waals surface area (Å²) in [7, 11) is 1.48. The summed E-state index contributed by atoms with van der Waals surface area (Å²) >= 11 is 0. The quantitative estimate of drug-likeness (QED) is 0.735. The van der Waals surface area contributed by atoms with Crippen molar-refractivity contribution in [3.8, 4) is 0 Å². The van der Waals surface area contributed by atoms with Gasteiger partial charge in [0, 0.05) is 11.0 Å². The van der Waals surface area contributed by atoms with E-state index in [2.05, 4.69) is 26.8 Å². The minimum absolute atomic E-state index is 0.139. The van der Waals surface area contributed by atoms with E-state index in [1.54, 1.807) is 6.26 Å². The average molecular weight is 328 g/mol. The number of rotatable bonds is 4. The Morgan fingerprint density at radius 2 is 2.21 bits per heavy atom. The van der Waals surface area contributed by atoms with Gasteiger partial charge in [-0.2, -0.15) is 0 Å². The molecule has 0 amide bonds. The Labute approximate surface area is 144 Å². The first-order valence-electron chi connectivity index (χ1n) is 8.90. The molecule has 2 aliphatic rings. The SMILES string of the molecule is COC(=O)C1=CC=C[C@H]2[C@](C)(CCc3ccoc3)[C@H](C)CC[C@]12C. The molecule has 1 fully saturated rings. The molecular weight excluding hydrogens is 300 g/mol. The van der Waals surface area contributed by atoms with Crippen molar-refractivity contribution in [2.24, 2.45) is 22.7 Å². The van der Waals surface area contributed by atoms with Crippen LogP contribution in [-0.4, -0.2) is 13.1 Å². The van der Waals surface area contributed by atoms with E-state index in [9.17, 15) is 4.79 Å². The van der Waals surface area contributed by atoms with E-state index in [1.165, 1.54) is 12.7 Å². The number of carbonyl (C=O) groups is 1. The van der Waals surface area contributed by atoms with Crippen molar-refractivity contribution in [2.45, 2.75) is 46.5 Å². The Morgan fingerprint density at radius 3 is 2.88 bits per heavy atom. The molecule has 4 atom stereocenters. The van der Waals surface area contributed by atoms with Gasteiger partial charge in [-0.25, -0.2) is 4.79 Å². The van der Waals surface area contributed by atoms with Crippen LogP contribution in [0.25, 0.3) is 0 Å². The van der Waals surface area contributed by atoms with E-state index in [0.29, 0.717) is 11.8 Å². The van der Waals surface area contributed by atoms with E-state index in [1.807, 2.05) is 24.5 Å². The van der Waals surface area contributed by atoms with Crippen molar-refractivity contribution in [2.75, 3.05) is 7.11 Å². The van der Waals surface area contributed by atoms with Gasteiger partial charge in [-0.3, -0.25) is 0 Å². The minimum Gasteiger partial charge on any atom is -0.472 e. The maximum atomic E-state index is 12.3. The molecule has 1 heterocycles. The van der Waals surface area contributed by atoms with Gasteiger partial charge in [-0.15, -0.1) is 0 Å². The van der Waals surface area contributed by atoms with Crippen LogP contribution in [0.3, 0.4) is 0 Å². The molecule has 130 valence electrons. The summed E-state index contributed by atoms with van der Waals surface area (Å²) in [6.45, 7) is 7.00. The van der Waals surface area contributed by atoms with Gasteiger partial charge in [0.05, 0.1) is 19.6 Å². The number of hydrogen-bond acceptors (Lipinski definition) is 3. The monoisotopic (exact) mass is 328 g/mol. The number of fused-ring (bicyclic) bond motifs is 1. The van der Waals surface area contributed by atoms with Gasteiger partial charge in [0.2, 0.25) is 0 Å². The third-order valence-electron chi connectivity index (χ3n) is 6.74. The summed E-state index contributed by atoms with van der Waals surface area (Å²) < 4.78 is 10.3. The highest BCUT2D eigenvalue weighted by Crippen LogP contribution is 2.60. The minimum atomic E-state index is -0.182. The summed E-state index contributed by atoms with van der Waals surface area (Å²) in [6, 6.07) is 2.05. The Balaban J connectivity index is 1.91. The van der Waals surface area contributed by atoms with Crippen LogP contribution in [0, 0.1) is 22.7 Å². The van der Waals surface area contributed by atoms with Crippen LogP contribution < -0.4 is 0 Å². The van der Waals surface area contributed by atoms with Crippen molar-refractivity contribution in [3.63, 3.8) is 0 Å². The predicted molar refractivity (Wildman–Crippen MR) is 94.4 cm³/mol. The van der Waals surface area contributed by atoms with Gasteiger partial charge in [0.15, 0.2) is 0 Å². The summed E-state index contributed by atoms with van der Waals surface area (Å²) in [5.74, 6) is 0.780. The number of furan rings is 1. The molecule has 3 rings (SSSR count). The molecule has 0 radical (unpaired) electrons. The van der Waals surface area contributed by atoms with Crippen LogP contribution in [0.15, 0.2) is 46.8 Å². The Hall–Kier alpha value is -1.77. The Kier molecular flexibility index (Phi) is 4.46. The second kappa shape index (κ2) is 6.27. The zero-order valence-corrected chi connectivity index (χ0v) is 15.2. The van der Waals surface area contributed by atoms with Crippen molar-refractivity contribution in [3.05, 3.63) is 48.0 Å². The molecule has 3 heteroatoms. The first-order chi connectivity index (χ1) is 11.4. The average Bonchev–Trinajstić information content (AvgIpc) is 3.09. The number of carbonyl (C=O) groups excluding carboxylic acids is 1. The number of esters is 1. The largest absolute Gasteiger partial charge is 0.472 e. The lowest BCUT2D eigenvalue weighted by atomic mass is 9.48. The third-order valence-corrected chi connectivity index (χ3v) is 6.74. The zero-order valence-electron chi connectivity index (χ0n) is 15.2. The topological polar surface area (TPSA) is 39.4 Å². The maximum absolute atomic E-state index is 12.3. The lowest BCUT2D eigenvalue weighted by Crippen LogP contribution is -2.50. The van der Waals surface area contributed by atoms with Crippen LogP contribution in [0.1, 0.15) is 45.6 Å². The summed E-state index contributed by atoms with van der Waals surface area (Å²) in [5.41, 5.74) is 2.09. The molecule has 0 aromatic carbocycles. The molecule has 0 spiro atoms. The first kappa shape index (κ1) is 17.1. The maximum Gasteiger partial charge on any atom is 0.334 e. The van der Waals surface area contributed by atoms with E-state index >= 15 is 0 Å². The molecule has 24 heavy (non-hydrogen) atoms. The van der Waals surface area contributed by atoms with Crippen LogP contribution >= 0.6 is 0 Å². The molecule has 0 aliphatic heterocycles. The third kappa shape index (κ3) is 2.64. The van der Waals surface area contributed by atoms with Gasteiger partial charge >= 0.3 is 5.97 Å². The molecular formula is C21H28O3. The number of hydrogen-bond donors (Lipinski definition) is 0. The first-order valence-corrected chi connectivity index (χ1v) is 8.90. The second-order valence-electron chi connectivity index (χ2n) is 7.93. The zero-order chi connectivity index (χ0) is 17.4. The second-order valence-corrected chi connectivity index (χ2v) is 7.93. The highest BCUT2D eigenvalue weighted by atomic mass is 16.5. The summed E-state index contributed by atoms with van der Waals surface area (Å²) in [6.07, 6.45) is 14.2. The summed E-state index contributed by atoms with van der Waals surface area (Å²) in [4.78, 5) is 12.3. The lowest BCUT2D eigenvalue weighted by Gasteiger charge is -2.56. The van der Waals surface area contributed by atoms with Gasteiger partial charge in [0.25, 0.3) is 0 Å². The van der Waals surface area contributed by atoms with E-state index in [4.69, 9.17) is 9.15 Å². The standard InChI is InChI=1S/C21H28O3/c1-15-8-11-21(3)17(19(22)23-4)6-5-7-18(21)20(15,2)12-9-16-10-13-24-14-16/h5-7,10,13-15,18H,8-9,11-12H2,1-4H3/t15-,18+,20-,21-/m1/s1. The molecule has 3 nitrogen and oxygen atoms in total. The van der Waals surface area contributed by atoms with Gasteiger partial charge in [-0.1, -0.05) is 39.0 Å². The molecule has 2 aliphatic carbocycles. The predicted octanol–water partition coefficient (Wildman–Crippen LogP) is 4.94. The number of ether oxygens (including phenoxy) is 1. The van der Waals surface area contributed by atoms with Crippen LogP contribution in [0.5, 0.6) is 0 Å². The Morgan fingerprint density at radius 1 is 1.42 bits per heavy atom. The van der Waals surface area contributed by atoms with Crippen molar-refractivity contribution in [1.82, 2.24) is 0 Å². The van der Waals surface area contributed by atoms with Gasteiger partial charge in [0.1, 0.15) is 0 Å².